The van der Waals surface area contributed by atoms with Crippen molar-refractivity contribution in [2.75, 3.05) is 64.0 Å². The molecular weight excluding hydrogens is 262 g/mol. The number of anilines is 2. The van der Waals surface area contributed by atoms with Crippen molar-refractivity contribution in [2.24, 2.45) is 0 Å². The summed E-state index contributed by atoms with van der Waals surface area (Å²) in [5, 5.41) is 0.499. The highest BCUT2D eigenvalue weighted by Gasteiger charge is 2.19. The third-order valence-electron chi connectivity index (χ3n) is 3.41. The van der Waals surface area contributed by atoms with Crippen molar-refractivity contribution < 1.29 is 0 Å². The van der Waals surface area contributed by atoms with E-state index in [9.17, 15) is 0 Å². The Kier molecular flexibility index (Phi) is 4.85. The summed E-state index contributed by atoms with van der Waals surface area (Å²) in [5.74, 6) is 0.819. The van der Waals surface area contributed by atoms with Crippen LogP contribution in [0.1, 0.15) is 0 Å². The standard InChI is InChI=1S/C13H22ClN5/c1-17(2)5-6-18-7-9-19(10-8-18)13-11(15)3-4-12(14)16-13/h3-4H,5-10,15H2,1-2H3. The smallest absolute Gasteiger partial charge is 0.153 e. The Bertz CT molecular complexity index is 415. The van der Waals surface area contributed by atoms with Crippen molar-refractivity contribution >= 4 is 23.1 Å². The molecule has 2 rings (SSSR count). The molecule has 0 saturated carbocycles. The van der Waals surface area contributed by atoms with E-state index in [2.05, 4.69) is 33.8 Å². The Morgan fingerprint density at radius 2 is 1.95 bits per heavy atom. The summed E-state index contributed by atoms with van der Waals surface area (Å²) in [6.07, 6.45) is 0. The third-order valence-corrected chi connectivity index (χ3v) is 3.62. The molecule has 0 unspecified atom stereocenters. The number of nitrogen functional groups attached to an aromatic ring is 1. The minimum atomic E-state index is 0.499. The van der Waals surface area contributed by atoms with Gasteiger partial charge in [0.25, 0.3) is 0 Å². The molecule has 1 aromatic rings. The van der Waals surface area contributed by atoms with Gasteiger partial charge in [-0.1, -0.05) is 11.6 Å². The first-order valence-electron chi connectivity index (χ1n) is 6.60. The first kappa shape index (κ1) is 14.4. The largest absolute Gasteiger partial charge is 0.396 e. The molecule has 2 N–H and O–H groups in total. The van der Waals surface area contributed by atoms with E-state index in [1.807, 2.05) is 6.07 Å². The molecule has 0 aliphatic carbocycles. The summed E-state index contributed by atoms with van der Waals surface area (Å²) in [7, 11) is 4.21. The number of hydrogen-bond donors (Lipinski definition) is 1. The molecule has 19 heavy (non-hydrogen) atoms. The molecule has 1 fully saturated rings. The van der Waals surface area contributed by atoms with Gasteiger partial charge in [0.15, 0.2) is 5.82 Å². The highest BCUT2D eigenvalue weighted by atomic mass is 35.5. The molecule has 0 spiro atoms. The van der Waals surface area contributed by atoms with E-state index in [4.69, 9.17) is 17.3 Å². The van der Waals surface area contributed by atoms with Gasteiger partial charge in [-0.3, -0.25) is 4.90 Å². The predicted octanol–water partition coefficient (Wildman–Crippen LogP) is 1.00. The third kappa shape index (κ3) is 3.96. The van der Waals surface area contributed by atoms with E-state index in [0.29, 0.717) is 10.8 Å². The maximum Gasteiger partial charge on any atom is 0.153 e. The van der Waals surface area contributed by atoms with Crippen LogP contribution in [0.2, 0.25) is 5.15 Å². The van der Waals surface area contributed by atoms with E-state index in [1.54, 1.807) is 6.07 Å². The van der Waals surface area contributed by atoms with E-state index in [0.717, 1.165) is 45.1 Å². The molecule has 2 heterocycles. The fraction of sp³-hybridized carbons (Fsp3) is 0.615. The van der Waals surface area contributed by atoms with Crippen molar-refractivity contribution in [1.82, 2.24) is 14.8 Å². The molecule has 1 saturated heterocycles. The molecule has 106 valence electrons. The first-order chi connectivity index (χ1) is 9.06. The molecule has 0 bridgehead atoms. The van der Waals surface area contributed by atoms with Gasteiger partial charge in [0, 0.05) is 39.3 Å². The van der Waals surface area contributed by atoms with Gasteiger partial charge in [-0.15, -0.1) is 0 Å². The summed E-state index contributed by atoms with van der Waals surface area (Å²) in [6.45, 7) is 6.19. The minimum absolute atomic E-state index is 0.499. The molecule has 5 nitrogen and oxygen atoms in total. The molecule has 0 amide bonds. The second kappa shape index (κ2) is 6.41. The average Bonchev–Trinajstić information content (AvgIpc) is 2.40. The summed E-state index contributed by atoms with van der Waals surface area (Å²) in [6, 6.07) is 3.55. The number of piperazine rings is 1. The fourth-order valence-corrected chi connectivity index (χ4v) is 2.36. The SMILES string of the molecule is CN(C)CCN1CCN(c2nc(Cl)ccc2N)CC1. The average molecular weight is 284 g/mol. The summed E-state index contributed by atoms with van der Waals surface area (Å²) in [4.78, 5) is 11.2. The summed E-state index contributed by atoms with van der Waals surface area (Å²) in [5.41, 5.74) is 6.67. The van der Waals surface area contributed by atoms with Crippen LogP contribution in [0.5, 0.6) is 0 Å². The van der Waals surface area contributed by atoms with Crippen LogP contribution < -0.4 is 10.6 Å². The van der Waals surface area contributed by atoms with Gasteiger partial charge in [0.1, 0.15) is 5.15 Å². The normalized spacial score (nSPS) is 17.2. The van der Waals surface area contributed by atoms with Crippen molar-refractivity contribution in [2.45, 2.75) is 0 Å². The molecule has 1 aliphatic heterocycles. The van der Waals surface area contributed by atoms with Crippen LogP contribution in [0.4, 0.5) is 11.5 Å². The van der Waals surface area contributed by atoms with Gasteiger partial charge in [0.05, 0.1) is 5.69 Å². The number of rotatable bonds is 4. The Hall–Kier alpha value is -1.04. The Labute approximate surface area is 119 Å². The lowest BCUT2D eigenvalue weighted by Crippen LogP contribution is -2.48. The second-order valence-electron chi connectivity index (χ2n) is 5.18. The van der Waals surface area contributed by atoms with Crippen LogP contribution in [0.25, 0.3) is 0 Å². The number of aromatic nitrogens is 1. The highest BCUT2D eigenvalue weighted by Crippen LogP contribution is 2.23. The molecule has 6 heteroatoms. The second-order valence-corrected chi connectivity index (χ2v) is 5.57. The lowest BCUT2D eigenvalue weighted by molar-refractivity contribution is 0.229. The van der Waals surface area contributed by atoms with Gasteiger partial charge < -0.3 is 15.5 Å². The Morgan fingerprint density at radius 1 is 1.26 bits per heavy atom. The van der Waals surface area contributed by atoms with Gasteiger partial charge in [-0.25, -0.2) is 4.98 Å². The van der Waals surface area contributed by atoms with Gasteiger partial charge in [-0.05, 0) is 26.2 Å². The van der Waals surface area contributed by atoms with Crippen LogP contribution in [0.3, 0.4) is 0 Å². The van der Waals surface area contributed by atoms with Crippen LogP contribution >= 0.6 is 11.6 Å². The van der Waals surface area contributed by atoms with Crippen LogP contribution in [0, 0.1) is 0 Å². The van der Waals surface area contributed by atoms with Crippen LogP contribution in [-0.2, 0) is 0 Å². The fourth-order valence-electron chi connectivity index (χ4n) is 2.21. The molecular formula is C13H22ClN5. The topological polar surface area (TPSA) is 48.6 Å². The van der Waals surface area contributed by atoms with E-state index in [1.165, 1.54) is 0 Å². The van der Waals surface area contributed by atoms with E-state index < -0.39 is 0 Å². The van der Waals surface area contributed by atoms with Crippen LogP contribution in [0.15, 0.2) is 12.1 Å². The molecule has 1 aliphatic rings. The molecule has 0 atom stereocenters. The lowest BCUT2D eigenvalue weighted by atomic mass is 10.3. The maximum absolute atomic E-state index is 5.97. The Balaban J connectivity index is 1.90. The minimum Gasteiger partial charge on any atom is -0.396 e. The number of likely N-dealkylation sites (N-methyl/N-ethyl adjacent to an activating group) is 1. The quantitative estimate of drug-likeness (QED) is 0.836. The van der Waals surface area contributed by atoms with E-state index >= 15 is 0 Å². The lowest BCUT2D eigenvalue weighted by Gasteiger charge is -2.36. The molecule has 0 aromatic carbocycles. The van der Waals surface area contributed by atoms with E-state index in [-0.39, 0.29) is 0 Å². The number of hydrogen-bond acceptors (Lipinski definition) is 5. The number of nitrogens with zero attached hydrogens (tertiary/aromatic N) is 4. The first-order valence-corrected chi connectivity index (χ1v) is 6.98. The maximum atomic E-state index is 5.97. The summed E-state index contributed by atoms with van der Waals surface area (Å²) < 4.78 is 0. The number of nitrogens with two attached hydrogens (primary N) is 1. The van der Waals surface area contributed by atoms with Crippen molar-refractivity contribution in [3.8, 4) is 0 Å². The zero-order valence-electron chi connectivity index (χ0n) is 11.6. The van der Waals surface area contributed by atoms with Gasteiger partial charge >= 0.3 is 0 Å². The zero-order chi connectivity index (χ0) is 13.8. The Morgan fingerprint density at radius 3 is 2.58 bits per heavy atom. The predicted molar refractivity (Wildman–Crippen MR) is 80.9 cm³/mol. The highest BCUT2D eigenvalue weighted by molar-refractivity contribution is 6.29. The van der Waals surface area contributed by atoms with Gasteiger partial charge in [-0.2, -0.15) is 0 Å². The number of pyridine rings is 1. The van der Waals surface area contributed by atoms with Crippen molar-refractivity contribution in [3.63, 3.8) is 0 Å². The summed E-state index contributed by atoms with van der Waals surface area (Å²) >= 11 is 5.94. The molecule has 1 aromatic heterocycles. The zero-order valence-corrected chi connectivity index (χ0v) is 12.4. The van der Waals surface area contributed by atoms with Gasteiger partial charge in [0.2, 0.25) is 0 Å². The van der Waals surface area contributed by atoms with Crippen LogP contribution in [-0.4, -0.2) is 68.1 Å². The van der Waals surface area contributed by atoms with Crippen molar-refractivity contribution in [1.29, 1.82) is 0 Å². The number of halogens is 1. The molecule has 0 radical (unpaired) electrons. The van der Waals surface area contributed by atoms with Crippen molar-refractivity contribution in [3.05, 3.63) is 17.3 Å². The monoisotopic (exact) mass is 283 g/mol.